The summed E-state index contributed by atoms with van der Waals surface area (Å²) in [5.74, 6) is -0.00222. The van der Waals surface area contributed by atoms with Crippen molar-refractivity contribution in [2.75, 3.05) is 46.4 Å². The highest BCUT2D eigenvalue weighted by Crippen LogP contribution is 2.30. The lowest BCUT2D eigenvalue weighted by Gasteiger charge is -2.34. The molecule has 1 saturated heterocycles. The number of β-amino-alcohol motifs (C(OH)–C–C–N with tert-alkyl or cyclic N) is 1. The van der Waals surface area contributed by atoms with Crippen LogP contribution in [0, 0.1) is 0 Å². The van der Waals surface area contributed by atoms with Gasteiger partial charge in [-0.05, 0) is 12.1 Å². The number of rotatable bonds is 4. The number of carbonyl (C=O) groups is 1. The lowest BCUT2D eigenvalue weighted by atomic mass is 10.1. The molecule has 110 valence electrons. The number of aliphatic hydroxyl groups is 1. The minimum atomic E-state index is -0.190. The van der Waals surface area contributed by atoms with Crippen molar-refractivity contribution in [3.05, 3.63) is 23.8 Å². The van der Waals surface area contributed by atoms with E-state index in [0.29, 0.717) is 25.4 Å². The summed E-state index contributed by atoms with van der Waals surface area (Å²) in [5, 5.41) is 18.9. The normalized spacial score (nSPS) is 16.2. The number of benzene rings is 1. The molecule has 0 aromatic heterocycles. The molecule has 2 N–H and O–H groups in total. The predicted octanol–water partition coefficient (Wildman–Crippen LogP) is 0.151. The molecule has 1 aromatic rings. The van der Waals surface area contributed by atoms with Crippen molar-refractivity contribution in [3.8, 4) is 11.5 Å². The van der Waals surface area contributed by atoms with Gasteiger partial charge in [0.05, 0.1) is 19.3 Å². The standard InChI is InChI=1S/C14H20N2O4/c1-20-12-4-2-3-11(13(12)18)14(19)16-7-5-15(6-8-16)9-10-17/h2-4,17-18H,5-10H2,1H3. The molecule has 0 atom stereocenters. The van der Waals surface area contributed by atoms with Gasteiger partial charge in [-0.25, -0.2) is 0 Å². The molecule has 0 bridgehead atoms. The Morgan fingerprint density at radius 3 is 2.60 bits per heavy atom. The van der Waals surface area contributed by atoms with Crippen LogP contribution in [-0.2, 0) is 0 Å². The first-order chi connectivity index (χ1) is 9.67. The summed E-state index contributed by atoms with van der Waals surface area (Å²) >= 11 is 0. The van der Waals surface area contributed by atoms with Gasteiger partial charge in [-0.15, -0.1) is 0 Å². The highest BCUT2D eigenvalue weighted by Gasteiger charge is 2.24. The van der Waals surface area contributed by atoms with Gasteiger partial charge in [-0.2, -0.15) is 0 Å². The number of phenolic OH excluding ortho intramolecular Hbond substituents is 1. The number of para-hydroxylation sites is 1. The molecule has 1 aliphatic rings. The Morgan fingerprint density at radius 2 is 2.00 bits per heavy atom. The third-order valence-corrected chi connectivity index (χ3v) is 3.53. The van der Waals surface area contributed by atoms with Gasteiger partial charge in [0, 0.05) is 32.7 Å². The molecule has 1 aliphatic heterocycles. The minimum Gasteiger partial charge on any atom is -0.504 e. The van der Waals surface area contributed by atoms with Crippen LogP contribution in [0.3, 0.4) is 0 Å². The number of hydrogen-bond acceptors (Lipinski definition) is 5. The fraction of sp³-hybridized carbons (Fsp3) is 0.500. The Kier molecular flexibility index (Phi) is 4.81. The van der Waals surface area contributed by atoms with E-state index in [1.165, 1.54) is 7.11 Å². The molecule has 2 rings (SSSR count). The largest absolute Gasteiger partial charge is 0.504 e. The third-order valence-electron chi connectivity index (χ3n) is 3.53. The fourth-order valence-corrected chi connectivity index (χ4v) is 2.35. The van der Waals surface area contributed by atoms with E-state index in [4.69, 9.17) is 9.84 Å². The molecule has 0 saturated carbocycles. The molecule has 1 heterocycles. The van der Waals surface area contributed by atoms with Gasteiger partial charge in [-0.3, -0.25) is 9.69 Å². The number of ether oxygens (including phenoxy) is 1. The zero-order valence-electron chi connectivity index (χ0n) is 11.6. The monoisotopic (exact) mass is 280 g/mol. The number of methoxy groups -OCH3 is 1. The smallest absolute Gasteiger partial charge is 0.257 e. The highest BCUT2D eigenvalue weighted by molar-refractivity contribution is 5.97. The molecule has 20 heavy (non-hydrogen) atoms. The summed E-state index contributed by atoms with van der Waals surface area (Å²) in [4.78, 5) is 16.2. The number of amides is 1. The van der Waals surface area contributed by atoms with E-state index in [-0.39, 0.29) is 23.8 Å². The Labute approximate surface area is 118 Å². The van der Waals surface area contributed by atoms with E-state index >= 15 is 0 Å². The first-order valence-corrected chi connectivity index (χ1v) is 6.66. The average molecular weight is 280 g/mol. The minimum absolute atomic E-state index is 0.113. The van der Waals surface area contributed by atoms with Gasteiger partial charge in [-0.1, -0.05) is 6.07 Å². The summed E-state index contributed by atoms with van der Waals surface area (Å²) in [6.45, 7) is 3.41. The number of aromatic hydroxyl groups is 1. The van der Waals surface area contributed by atoms with Crippen molar-refractivity contribution in [1.82, 2.24) is 9.80 Å². The number of hydrogen-bond donors (Lipinski definition) is 2. The molecule has 1 amide bonds. The van der Waals surface area contributed by atoms with Crippen LogP contribution in [0.4, 0.5) is 0 Å². The fourth-order valence-electron chi connectivity index (χ4n) is 2.35. The maximum absolute atomic E-state index is 12.4. The summed E-state index contributed by atoms with van der Waals surface area (Å²) in [5.41, 5.74) is 0.264. The van der Waals surface area contributed by atoms with Gasteiger partial charge in [0.1, 0.15) is 0 Å². The summed E-state index contributed by atoms with van der Waals surface area (Å²) in [6, 6.07) is 4.90. The maximum Gasteiger partial charge on any atom is 0.257 e. The maximum atomic E-state index is 12.4. The van der Waals surface area contributed by atoms with Crippen molar-refractivity contribution in [2.24, 2.45) is 0 Å². The van der Waals surface area contributed by atoms with Crippen LogP contribution in [-0.4, -0.2) is 72.4 Å². The first-order valence-electron chi connectivity index (χ1n) is 6.66. The lowest BCUT2D eigenvalue weighted by molar-refractivity contribution is 0.0611. The second kappa shape index (κ2) is 6.58. The van der Waals surface area contributed by atoms with Crippen LogP contribution < -0.4 is 4.74 Å². The van der Waals surface area contributed by atoms with Gasteiger partial charge in [0.25, 0.3) is 5.91 Å². The predicted molar refractivity (Wildman–Crippen MR) is 74.1 cm³/mol. The van der Waals surface area contributed by atoms with Crippen LogP contribution >= 0.6 is 0 Å². The SMILES string of the molecule is COc1cccc(C(=O)N2CCN(CCO)CC2)c1O. The van der Waals surface area contributed by atoms with E-state index in [9.17, 15) is 9.90 Å². The molecule has 6 nitrogen and oxygen atoms in total. The quantitative estimate of drug-likeness (QED) is 0.821. The average Bonchev–Trinajstić information content (AvgIpc) is 2.48. The number of piperazine rings is 1. The van der Waals surface area contributed by atoms with Crippen LogP contribution in [0.2, 0.25) is 0 Å². The Morgan fingerprint density at radius 1 is 1.30 bits per heavy atom. The van der Waals surface area contributed by atoms with Gasteiger partial charge >= 0.3 is 0 Å². The van der Waals surface area contributed by atoms with Crippen molar-refractivity contribution in [1.29, 1.82) is 0 Å². The molecule has 0 aliphatic carbocycles. The van der Waals surface area contributed by atoms with Gasteiger partial charge < -0.3 is 19.8 Å². The first kappa shape index (κ1) is 14.6. The van der Waals surface area contributed by atoms with Crippen LogP contribution in [0.5, 0.6) is 11.5 Å². The highest BCUT2D eigenvalue weighted by atomic mass is 16.5. The van der Waals surface area contributed by atoms with Crippen molar-refractivity contribution in [3.63, 3.8) is 0 Å². The van der Waals surface area contributed by atoms with E-state index in [1.807, 2.05) is 0 Å². The zero-order chi connectivity index (χ0) is 14.5. The van der Waals surface area contributed by atoms with Gasteiger partial charge in [0.15, 0.2) is 11.5 Å². The molecule has 0 spiro atoms. The number of nitrogens with zero attached hydrogens (tertiary/aromatic N) is 2. The van der Waals surface area contributed by atoms with Crippen molar-refractivity contribution < 1.29 is 19.7 Å². The lowest BCUT2D eigenvalue weighted by Crippen LogP contribution is -2.49. The number of carbonyl (C=O) groups excluding carboxylic acids is 1. The van der Waals surface area contributed by atoms with Gasteiger partial charge in [0.2, 0.25) is 0 Å². The van der Waals surface area contributed by atoms with E-state index < -0.39 is 0 Å². The Bertz CT molecular complexity index is 470. The van der Waals surface area contributed by atoms with Crippen molar-refractivity contribution >= 4 is 5.91 Å². The summed E-state index contributed by atoms with van der Waals surface area (Å²) in [6.07, 6.45) is 0. The molecular weight excluding hydrogens is 260 g/mol. The number of phenols is 1. The van der Waals surface area contributed by atoms with Crippen molar-refractivity contribution in [2.45, 2.75) is 0 Å². The Hall–Kier alpha value is -1.79. The number of aliphatic hydroxyl groups excluding tert-OH is 1. The molecule has 1 aromatic carbocycles. The zero-order valence-corrected chi connectivity index (χ0v) is 11.6. The van der Waals surface area contributed by atoms with E-state index in [1.54, 1.807) is 23.1 Å². The summed E-state index contributed by atoms with van der Waals surface area (Å²) < 4.78 is 5.02. The summed E-state index contributed by atoms with van der Waals surface area (Å²) in [7, 11) is 1.46. The molecule has 0 radical (unpaired) electrons. The third kappa shape index (κ3) is 3.02. The second-order valence-electron chi connectivity index (χ2n) is 4.71. The molecular formula is C14H20N2O4. The molecule has 0 unspecified atom stereocenters. The molecule has 6 heteroatoms. The van der Waals surface area contributed by atoms with Crippen LogP contribution in [0.1, 0.15) is 10.4 Å². The topological polar surface area (TPSA) is 73.2 Å². The Balaban J connectivity index is 2.06. The van der Waals surface area contributed by atoms with E-state index in [0.717, 1.165) is 13.1 Å². The van der Waals surface area contributed by atoms with Crippen LogP contribution in [0.25, 0.3) is 0 Å². The molecule has 1 fully saturated rings. The van der Waals surface area contributed by atoms with E-state index in [2.05, 4.69) is 4.90 Å². The second-order valence-corrected chi connectivity index (χ2v) is 4.71. The van der Waals surface area contributed by atoms with Crippen LogP contribution in [0.15, 0.2) is 18.2 Å².